The van der Waals surface area contributed by atoms with Crippen molar-refractivity contribution in [1.29, 1.82) is 0 Å². The number of benzene rings is 2. The van der Waals surface area contributed by atoms with E-state index in [0.29, 0.717) is 47.3 Å². The van der Waals surface area contributed by atoms with Gasteiger partial charge in [-0.25, -0.2) is 4.98 Å². The average molecular weight is 448 g/mol. The number of phenols is 1. The van der Waals surface area contributed by atoms with Crippen LogP contribution in [0.25, 0.3) is 11.2 Å². The van der Waals surface area contributed by atoms with Crippen molar-refractivity contribution in [3.8, 4) is 5.75 Å². The highest BCUT2D eigenvalue weighted by atomic mass is 16.3. The van der Waals surface area contributed by atoms with E-state index in [1.807, 2.05) is 36.6 Å². The van der Waals surface area contributed by atoms with Gasteiger partial charge >= 0.3 is 0 Å². The molecule has 172 valence electrons. The summed E-state index contributed by atoms with van der Waals surface area (Å²) < 4.78 is 1.96. The first kappa shape index (κ1) is 22.3. The summed E-state index contributed by atoms with van der Waals surface area (Å²) >= 11 is 0. The normalized spacial score (nSPS) is 12.2. The van der Waals surface area contributed by atoms with E-state index in [4.69, 9.17) is 10.7 Å². The molecule has 33 heavy (non-hydrogen) atoms. The van der Waals surface area contributed by atoms with Gasteiger partial charge in [0.25, 0.3) is 0 Å². The number of nitrogens with zero attached hydrogens (tertiary/aromatic N) is 4. The third kappa shape index (κ3) is 5.15. The zero-order chi connectivity index (χ0) is 23.4. The summed E-state index contributed by atoms with van der Waals surface area (Å²) in [4.78, 5) is 13.9. The largest absolute Gasteiger partial charge is 0.508 e. The maximum atomic E-state index is 10.2. The molecule has 2 aromatic heterocycles. The molecule has 2 aromatic carbocycles. The van der Waals surface area contributed by atoms with Gasteiger partial charge in [-0.3, -0.25) is 0 Å². The van der Waals surface area contributed by atoms with Crippen molar-refractivity contribution in [2.24, 2.45) is 5.92 Å². The number of hydrogen-bond donors (Lipinski definition) is 5. The number of imidazole rings is 1. The number of aliphatic hydroxyl groups excluding tert-OH is 1. The summed E-state index contributed by atoms with van der Waals surface area (Å²) in [5, 5.41) is 26.4. The quantitative estimate of drug-likeness (QED) is 0.195. The highest BCUT2D eigenvalue weighted by Crippen LogP contribution is 2.25. The van der Waals surface area contributed by atoms with Crippen molar-refractivity contribution in [1.82, 2.24) is 19.5 Å². The Morgan fingerprint density at radius 2 is 1.88 bits per heavy atom. The van der Waals surface area contributed by atoms with Crippen LogP contribution in [0.2, 0.25) is 0 Å². The number of aliphatic hydroxyl groups is 1. The van der Waals surface area contributed by atoms with E-state index in [2.05, 4.69) is 32.7 Å². The summed E-state index contributed by atoms with van der Waals surface area (Å²) in [6, 6.07) is 14.8. The summed E-state index contributed by atoms with van der Waals surface area (Å²) in [5.74, 6) is 1.25. The van der Waals surface area contributed by atoms with Crippen molar-refractivity contribution in [3.63, 3.8) is 0 Å². The van der Waals surface area contributed by atoms with E-state index in [-0.39, 0.29) is 24.3 Å². The van der Waals surface area contributed by atoms with Gasteiger partial charge in [-0.05, 0) is 29.7 Å². The molecule has 0 saturated heterocycles. The molecule has 4 rings (SSSR count). The van der Waals surface area contributed by atoms with E-state index in [9.17, 15) is 10.2 Å². The van der Waals surface area contributed by atoms with Crippen molar-refractivity contribution in [2.45, 2.75) is 33.0 Å². The minimum Gasteiger partial charge on any atom is -0.508 e. The molecule has 0 saturated carbocycles. The first-order valence-corrected chi connectivity index (χ1v) is 10.9. The Labute approximate surface area is 192 Å². The number of aromatic hydroxyl groups is 1. The number of nitrogens with one attached hydrogen (secondary N) is 2. The molecule has 0 spiro atoms. The molecule has 0 aliphatic heterocycles. The van der Waals surface area contributed by atoms with Crippen LogP contribution in [0.4, 0.5) is 17.5 Å². The van der Waals surface area contributed by atoms with Crippen LogP contribution < -0.4 is 16.4 Å². The molecule has 0 amide bonds. The lowest BCUT2D eigenvalue weighted by Crippen LogP contribution is -2.30. The van der Waals surface area contributed by atoms with Crippen LogP contribution in [0.1, 0.15) is 25.0 Å². The smallest absolute Gasteiger partial charge is 0.227 e. The Kier molecular flexibility index (Phi) is 6.60. The fourth-order valence-electron chi connectivity index (χ4n) is 3.54. The molecule has 9 nitrogen and oxygen atoms in total. The summed E-state index contributed by atoms with van der Waals surface area (Å²) in [7, 11) is 0. The number of anilines is 3. The Morgan fingerprint density at radius 1 is 1.09 bits per heavy atom. The standard InChI is InChI=1S/C24H29N7O2/c1-15(2)19(13-32)28-24-29-22(26-11-17-10-18(25)8-9-20(17)33)21-23(30-24)31(14-27-21)12-16-6-4-3-5-7-16/h3-10,14-15,19,32-33H,11-13,25H2,1-2H3,(H2,26,28,29,30). The van der Waals surface area contributed by atoms with E-state index < -0.39 is 0 Å². The fourth-order valence-corrected chi connectivity index (χ4v) is 3.54. The molecular weight excluding hydrogens is 418 g/mol. The molecule has 0 aliphatic rings. The second-order valence-corrected chi connectivity index (χ2v) is 8.35. The molecule has 0 aliphatic carbocycles. The molecule has 4 aromatic rings. The van der Waals surface area contributed by atoms with Gasteiger partial charge in [0.2, 0.25) is 5.95 Å². The van der Waals surface area contributed by atoms with Gasteiger partial charge in [0.1, 0.15) is 5.75 Å². The van der Waals surface area contributed by atoms with Gasteiger partial charge in [-0.2, -0.15) is 9.97 Å². The van der Waals surface area contributed by atoms with E-state index in [0.717, 1.165) is 5.56 Å². The Hall–Kier alpha value is -3.85. The molecule has 6 N–H and O–H groups in total. The predicted octanol–water partition coefficient (Wildman–Crippen LogP) is 3.20. The highest BCUT2D eigenvalue weighted by molar-refractivity contribution is 5.84. The van der Waals surface area contributed by atoms with Gasteiger partial charge in [-0.1, -0.05) is 44.2 Å². The number of phenolic OH excluding ortho intramolecular Hbond substituents is 1. The minimum atomic E-state index is -0.196. The Balaban J connectivity index is 1.71. The number of nitrogens with two attached hydrogens (primary N) is 1. The molecule has 0 fully saturated rings. The number of hydrogen-bond acceptors (Lipinski definition) is 8. The molecule has 2 heterocycles. The van der Waals surface area contributed by atoms with Gasteiger partial charge in [0.15, 0.2) is 17.0 Å². The van der Waals surface area contributed by atoms with Crippen LogP contribution >= 0.6 is 0 Å². The Morgan fingerprint density at radius 3 is 2.61 bits per heavy atom. The number of nitrogen functional groups attached to an aromatic ring is 1. The summed E-state index contributed by atoms with van der Waals surface area (Å²) in [6.45, 7) is 4.92. The number of rotatable bonds is 9. The second-order valence-electron chi connectivity index (χ2n) is 8.35. The topological polar surface area (TPSA) is 134 Å². The zero-order valence-corrected chi connectivity index (χ0v) is 18.7. The molecule has 1 atom stereocenters. The van der Waals surface area contributed by atoms with Crippen LogP contribution in [0.5, 0.6) is 5.75 Å². The first-order valence-electron chi connectivity index (χ1n) is 10.9. The molecule has 0 bridgehead atoms. The third-order valence-electron chi connectivity index (χ3n) is 5.53. The maximum Gasteiger partial charge on any atom is 0.227 e. The predicted molar refractivity (Wildman–Crippen MR) is 130 cm³/mol. The third-order valence-corrected chi connectivity index (χ3v) is 5.53. The van der Waals surface area contributed by atoms with Crippen LogP contribution in [0.3, 0.4) is 0 Å². The van der Waals surface area contributed by atoms with Crippen molar-refractivity contribution >= 4 is 28.6 Å². The average Bonchev–Trinajstić information content (AvgIpc) is 3.21. The van der Waals surface area contributed by atoms with E-state index in [1.54, 1.807) is 24.5 Å². The van der Waals surface area contributed by atoms with E-state index >= 15 is 0 Å². The lowest BCUT2D eigenvalue weighted by atomic mass is 10.1. The SMILES string of the molecule is CC(C)C(CO)Nc1nc(NCc2cc(N)ccc2O)c2ncn(Cc3ccccc3)c2n1. The summed E-state index contributed by atoms with van der Waals surface area (Å²) in [6.07, 6.45) is 1.74. The molecule has 0 radical (unpaired) electrons. The number of aromatic nitrogens is 4. The summed E-state index contributed by atoms with van der Waals surface area (Å²) in [5.41, 5.74) is 9.49. The van der Waals surface area contributed by atoms with Crippen LogP contribution in [-0.2, 0) is 13.1 Å². The van der Waals surface area contributed by atoms with Gasteiger partial charge in [0.05, 0.1) is 25.5 Å². The minimum absolute atomic E-state index is 0.0394. The lowest BCUT2D eigenvalue weighted by molar-refractivity contribution is 0.248. The van der Waals surface area contributed by atoms with Crippen LogP contribution in [-0.4, -0.2) is 42.4 Å². The number of fused-ring (bicyclic) bond motifs is 1. The molecular formula is C24H29N7O2. The van der Waals surface area contributed by atoms with Crippen LogP contribution in [0.15, 0.2) is 54.9 Å². The van der Waals surface area contributed by atoms with Crippen molar-refractivity contribution in [3.05, 3.63) is 66.0 Å². The fraction of sp³-hybridized carbons (Fsp3) is 0.292. The highest BCUT2D eigenvalue weighted by Gasteiger charge is 2.18. The van der Waals surface area contributed by atoms with Gasteiger partial charge in [0, 0.05) is 17.8 Å². The maximum absolute atomic E-state index is 10.2. The first-order chi connectivity index (χ1) is 15.9. The zero-order valence-electron chi connectivity index (χ0n) is 18.7. The lowest BCUT2D eigenvalue weighted by Gasteiger charge is -2.20. The van der Waals surface area contributed by atoms with E-state index in [1.165, 1.54) is 0 Å². The Bertz CT molecular complexity index is 1220. The van der Waals surface area contributed by atoms with Crippen molar-refractivity contribution < 1.29 is 10.2 Å². The second kappa shape index (κ2) is 9.74. The molecule has 1 unspecified atom stereocenters. The molecule has 9 heteroatoms. The van der Waals surface area contributed by atoms with Crippen LogP contribution in [0, 0.1) is 5.92 Å². The van der Waals surface area contributed by atoms with Gasteiger partial charge < -0.3 is 31.1 Å². The van der Waals surface area contributed by atoms with Crippen molar-refractivity contribution in [2.75, 3.05) is 23.0 Å². The monoisotopic (exact) mass is 447 g/mol. The van der Waals surface area contributed by atoms with Gasteiger partial charge in [-0.15, -0.1) is 0 Å².